The van der Waals surface area contributed by atoms with Crippen LogP contribution >= 0.6 is 0 Å². The third kappa shape index (κ3) is 5.71. The van der Waals surface area contributed by atoms with E-state index in [9.17, 15) is 8.42 Å². The first kappa shape index (κ1) is 14.7. The zero-order valence-electron chi connectivity index (χ0n) is 10.9. The summed E-state index contributed by atoms with van der Waals surface area (Å²) >= 11 is 0. The van der Waals surface area contributed by atoms with E-state index in [4.69, 9.17) is 0 Å². The highest BCUT2D eigenvalue weighted by molar-refractivity contribution is 7.92. The predicted octanol–water partition coefficient (Wildman–Crippen LogP) is 3.87. The molecule has 0 aromatic heterocycles. The molecule has 0 bridgehead atoms. The van der Waals surface area contributed by atoms with Crippen molar-refractivity contribution in [2.45, 2.75) is 69.5 Å². The molecule has 0 radical (unpaired) electrons. The second-order valence-corrected chi connectivity index (χ2v) is 7.52. The molecule has 100 valence electrons. The van der Waals surface area contributed by atoms with E-state index in [1.807, 2.05) is 6.08 Å². The predicted molar refractivity (Wildman–Crippen MR) is 73.9 cm³/mol. The van der Waals surface area contributed by atoms with Gasteiger partial charge in [-0.3, -0.25) is 0 Å². The van der Waals surface area contributed by atoms with E-state index in [0.29, 0.717) is 5.75 Å². The Balaban J connectivity index is 2.17. The van der Waals surface area contributed by atoms with E-state index >= 15 is 0 Å². The first-order valence-corrected chi connectivity index (χ1v) is 8.71. The maximum atomic E-state index is 12.1. The van der Waals surface area contributed by atoms with Crippen molar-refractivity contribution in [3.05, 3.63) is 12.7 Å². The summed E-state index contributed by atoms with van der Waals surface area (Å²) in [5, 5.41) is -0.0237. The molecule has 1 aliphatic carbocycles. The zero-order valence-corrected chi connectivity index (χ0v) is 11.7. The van der Waals surface area contributed by atoms with Crippen LogP contribution in [0.1, 0.15) is 64.2 Å². The lowest BCUT2D eigenvalue weighted by atomic mass is 10.0. The molecule has 0 unspecified atom stereocenters. The zero-order chi connectivity index (χ0) is 12.6. The van der Waals surface area contributed by atoms with Gasteiger partial charge in [0, 0.05) is 0 Å². The fourth-order valence-corrected chi connectivity index (χ4v) is 4.53. The molecular weight excluding hydrogens is 232 g/mol. The maximum absolute atomic E-state index is 12.1. The van der Waals surface area contributed by atoms with Crippen molar-refractivity contribution in [1.29, 1.82) is 0 Å². The van der Waals surface area contributed by atoms with Crippen LogP contribution in [0.25, 0.3) is 0 Å². The standard InChI is InChI=1S/C14H26O2S/c1-2-3-4-5-6-10-13-17(15,16)14-11-8-7-9-12-14/h2,14H,1,3-13H2. The van der Waals surface area contributed by atoms with Crippen LogP contribution in [0.15, 0.2) is 12.7 Å². The largest absolute Gasteiger partial charge is 0.229 e. The monoisotopic (exact) mass is 258 g/mol. The van der Waals surface area contributed by atoms with Gasteiger partial charge in [-0.05, 0) is 32.1 Å². The second kappa shape index (κ2) is 7.91. The van der Waals surface area contributed by atoms with Crippen LogP contribution in [0.5, 0.6) is 0 Å². The molecule has 1 saturated carbocycles. The third-order valence-electron chi connectivity index (χ3n) is 3.65. The average molecular weight is 258 g/mol. The summed E-state index contributed by atoms with van der Waals surface area (Å²) in [6, 6.07) is 0. The molecule has 0 atom stereocenters. The fourth-order valence-electron chi connectivity index (χ4n) is 2.54. The average Bonchev–Trinajstić information content (AvgIpc) is 2.35. The SMILES string of the molecule is C=CCCCCCCS(=O)(=O)C1CCCCC1. The Bertz CT molecular complexity index is 300. The number of unbranched alkanes of at least 4 members (excludes halogenated alkanes) is 4. The van der Waals surface area contributed by atoms with Crippen molar-refractivity contribution in [2.75, 3.05) is 5.75 Å². The van der Waals surface area contributed by atoms with Crippen molar-refractivity contribution in [3.8, 4) is 0 Å². The normalized spacial score (nSPS) is 18.1. The molecule has 0 amide bonds. The van der Waals surface area contributed by atoms with Crippen LogP contribution in [-0.4, -0.2) is 19.4 Å². The van der Waals surface area contributed by atoms with Gasteiger partial charge in [-0.1, -0.05) is 38.2 Å². The Kier molecular flexibility index (Phi) is 6.86. The minimum Gasteiger partial charge on any atom is -0.229 e. The lowest BCUT2D eigenvalue weighted by Gasteiger charge is -2.21. The van der Waals surface area contributed by atoms with Gasteiger partial charge in [-0.25, -0.2) is 8.42 Å². The first-order chi connectivity index (χ1) is 8.17. The molecule has 0 aromatic carbocycles. The van der Waals surface area contributed by atoms with Gasteiger partial charge < -0.3 is 0 Å². The van der Waals surface area contributed by atoms with Crippen molar-refractivity contribution in [2.24, 2.45) is 0 Å². The summed E-state index contributed by atoms with van der Waals surface area (Å²) in [5.41, 5.74) is 0. The number of hydrogen-bond donors (Lipinski definition) is 0. The van der Waals surface area contributed by atoms with Crippen molar-refractivity contribution in [3.63, 3.8) is 0 Å². The van der Waals surface area contributed by atoms with Gasteiger partial charge in [-0.15, -0.1) is 6.58 Å². The van der Waals surface area contributed by atoms with E-state index in [1.165, 1.54) is 6.42 Å². The van der Waals surface area contributed by atoms with Gasteiger partial charge in [0.2, 0.25) is 0 Å². The highest BCUT2D eigenvalue weighted by Crippen LogP contribution is 2.24. The van der Waals surface area contributed by atoms with E-state index in [-0.39, 0.29) is 5.25 Å². The molecular formula is C14H26O2S. The second-order valence-electron chi connectivity index (χ2n) is 5.12. The van der Waals surface area contributed by atoms with Gasteiger partial charge in [0.15, 0.2) is 9.84 Å². The summed E-state index contributed by atoms with van der Waals surface area (Å²) in [7, 11) is -2.80. The number of sulfone groups is 1. The summed E-state index contributed by atoms with van der Waals surface area (Å²) in [5.74, 6) is 0.408. The highest BCUT2D eigenvalue weighted by Gasteiger charge is 2.26. The van der Waals surface area contributed by atoms with E-state index in [2.05, 4.69) is 6.58 Å². The Morgan fingerprint density at radius 2 is 1.65 bits per heavy atom. The van der Waals surface area contributed by atoms with Gasteiger partial charge >= 0.3 is 0 Å². The molecule has 0 saturated heterocycles. The highest BCUT2D eigenvalue weighted by atomic mass is 32.2. The molecule has 0 aliphatic heterocycles. The van der Waals surface area contributed by atoms with E-state index in [1.54, 1.807) is 0 Å². The third-order valence-corrected chi connectivity index (χ3v) is 5.99. The number of hydrogen-bond acceptors (Lipinski definition) is 2. The maximum Gasteiger partial charge on any atom is 0.153 e. The number of allylic oxidation sites excluding steroid dienone is 1. The van der Waals surface area contributed by atoms with Crippen LogP contribution < -0.4 is 0 Å². The molecule has 1 aliphatic rings. The van der Waals surface area contributed by atoms with Gasteiger partial charge in [0.25, 0.3) is 0 Å². The molecule has 2 nitrogen and oxygen atoms in total. The summed E-state index contributed by atoms with van der Waals surface area (Å²) < 4.78 is 24.1. The lowest BCUT2D eigenvalue weighted by molar-refractivity contribution is 0.482. The molecule has 17 heavy (non-hydrogen) atoms. The molecule has 0 N–H and O–H groups in total. The molecule has 0 aromatic rings. The Hall–Kier alpha value is -0.310. The van der Waals surface area contributed by atoms with Crippen LogP contribution in [0.4, 0.5) is 0 Å². The minimum absolute atomic E-state index is 0.0237. The Labute approximate surface area is 106 Å². The Morgan fingerprint density at radius 1 is 1.00 bits per heavy atom. The van der Waals surface area contributed by atoms with Gasteiger partial charge in [0.05, 0.1) is 11.0 Å². The van der Waals surface area contributed by atoms with E-state index < -0.39 is 9.84 Å². The van der Waals surface area contributed by atoms with Crippen LogP contribution in [-0.2, 0) is 9.84 Å². The van der Waals surface area contributed by atoms with Gasteiger partial charge in [-0.2, -0.15) is 0 Å². The topological polar surface area (TPSA) is 34.1 Å². The van der Waals surface area contributed by atoms with Crippen LogP contribution in [0.2, 0.25) is 0 Å². The van der Waals surface area contributed by atoms with Gasteiger partial charge in [0.1, 0.15) is 0 Å². The molecule has 0 spiro atoms. The minimum atomic E-state index is -2.80. The first-order valence-electron chi connectivity index (χ1n) is 6.99. The Morgan fingerprint density at radius 3 is 2.29 bits per heavy atom. The van der Waals surface area contributed by atoms with Crippen LogP contribution in [0, 0.1) is 0 Å². The van der Waals surface area contributed by atoms with Crippen molar-refractivity contribution < 1.29 is 8.42 Å². The fraction of sp³-hybridized carbons (Fsp3) is 0.857. The molecule has 1 rings (SSSR count). The lowest BCUT2D eigenvalue weighted by Crippen LogP contribution is -2.26. The molecule has 3 heteroatoms. The summed E-state index contributed by atoms with van der Waals surface area (Å²) in [4.78, 5) is 0. The quantitative estimate of drug-likeness (QED) is 0.489. The van der Waals surface area contributed by atoms with Crippen molar-refractivity contribution >= 4 is 9.84 Å². The number of rotatable bonds is 8. The van der Waals surface area contributed by atoms with Crippen molar-refractivity contribution in [1.82, 2.24) is 0 Å². The smallest absolute Gasteiger partial charge is 0.153 e. The van der Waals surface area contributed by atoms with E-state index in [0.717, 1.165) is 57.8 Å². The summed E-state index contributed by atoms with van der Waals surface area (Å²) in [6.07, 6.45) is 12.4. The molecule has 1 fully saturated rings. The van der Waals surface area contributed by atoms with Crippen LogP contribution in [0.3, 0.4) is 0 Å². The molecule has 0 heterocycles. The summed E-state index contributed by atoms with van der Waals surface area (Å²) in [6.45, 7) is 3.68.